The van der Waals surface area contributed by atoms with Crippen LogP contribution < -0.4 is 14.8 Å². The molecule has 22 heavy (non-hydrogen) atoms. The van der Waals surface area contributed by atoms with E-state index >= 15 is 0 Å². The third-order valence-electron chi connectivity index (χ3n) is 3.79. The minimum Gasteiger partial charge on any atom is -0.490 e. The maximum atomic E-state index is 6.11. The maximum absolute atomic E-state index is 6.11. The molecule has 1 saturated carbocycles. The second-order valence-electron chi connectivity index (χ2n) is 6.26. The Hall–Kier alpha value is -0.930. The molecule has 3 nitrogen and oxygen atoms in total. The summed E-state index contributed by atoms with van der Waals surface area (Å²) in [6, 6.07) is 6.32. The van der Waals surface area contributed by atoms with Gasteiger partial charge in [0.25, 0.3) is 0 Å². The van der Waals surface area contributed by atoms with Gasteiger partial charge in [-0.2, -0.15) is 0 Å². The van der Waals surface area contributed by atoms with Gasteiger partial charge in [0.15, 0.2) is 11.5 Å². The average molecular weight is 328 g/mol. The van der Waals surface area contributed by atoms with Crippen molar-refractivity contribution in [1.82, 2.24) is 5.32 Å². The van der Waals surface area contributed by atoms with Crippen molar-refractivity contribution in [1.29, 1.82) is 0 Å². The molecule has 0 saturated heterocycles. The molecule has 0 aliphatic heterocycles. The Kier molecular flexibility index (Phi) is 8.66. The van der Waals surface area contributed by atoms with E-state index in [1.54, 1.807) is 0 Å². The molecule has 0 heterocycles. The van der Waals surface area contributed by atoms with Crippen LogP contribution >= 0.6 is 12.4 Å². The van der Waals surface area contributed by atoms with Gasteiger partial charge in [0.05, 0.1) is 12.7 Å². The van der Waals surface area contributed by atoms with Gasteiger partial charge in [0.2, 0.25) is 0 Å². The molecule has 0 amide bonds. The topological polar surface area (TPSA) is 30.5 Å². The summed E-state index contributed by atoms with van der Waals surface area (Å²) in [7, 11) is 0. The third-order valence-corrected chi connectivity index (χ3v) is 3.79. The zero-order chi connectivity index (χ0) is 15.1. The molecule has 1 aliphatic carbocycles. The number of hydrogen-bond donors (Lipinski definition) is 1. The summed E-state index contributed by atoms with van der Waals surface area (Å²) < 4.78 is 11.9. The fraction of sp³-hybridized carbons (Fsp3) is 0.667. The number of rotatable bonds is 8. The van der Waals surface area contributed by atoms with Crippen molar-refractivity contribution in [3.05, 3.63) is 23.8 Å². The van der Waals surface area contributed by atoms with Gasteiger partial charge in [-0.25, -0.2) is 0 Å². The van der Waals surface area contributed by atoms with Gasteiger partial charge >= 0.3 is 0 Å². The average Bonchev–Trinajstić information content (AvgIpc) is 2.94. The van der Waals surface area contributed by atoms with Gasteiger partial charge in [-0.15, -0.1) is 12.4 Å². The summed E-state index contributed by atoms with van der Waals surface area (Å²) in [5.41, 5.74) is 1.25. The monoisotopic (exact) mass is 327 g/mol. The van der Waals surface area contributed by atoms with Crippen molar-refractivity contribution in [2.24, 2.45) is 5.92 Å². The Labute approximate surface area is 141 Å². The summed E-state index contributed by atoms with van der Waals surface area (Å²) in [6.07, 6.45) is 5.28. The molecule has 2 rings (SSSR count). The third kappa shape index (κ3) is 6.05. The molecule has 0 radical (unpaired) electrons. The van der Waals surface area contributed by atoms with Crippen LogP contribution in [0.1, 0.15) is 52.0 Å². The fourth-order valence-electron chi connectivity index (χ4n) is 2.72. The number of benzene rings is 1. The lowest BCUT2D eigenvalue weighted by Gasteiger charge is -2.17. The first-order chi connectivity index (χ1) is 10.2. The van der Waals surface area contributed by atoms with Crippen LogP contribution in [0.2, 0.25) is 0 Å². The Balaban J connectivity index is 0.00000242. The largest absolute Gasteiger partial charge is 0.490 e. The normalized spacial score (nSPS) is 14.9. The lowest BCUT2D eigenvalue weighted by atomic mass is 10.1. The summed E-state index contributed by atoms with van der Waals surface area (Å²) in [5.74, 6) is 2.45. The molecule has 0 bridgehead atoms. The minimum atomic E-state index is 0. The first kappa shape index (κ1) is 19.1. The first-order valence-electron chi connectivity index (χ1n) is 8.32. The second-order valence-corrected chi connectivity index (χ2v) is 6.26. The van der Waals surface area contributed by atoms with Crippen molar-refractivity contribution in [3.63, 3.8) is 0 Å². The van der Waals surface area contributed by atoms with E-state index in [0.29, 0.717) is 18.6 Å². The number of hydrogen-bond acceptors (Lipinski definition) is 3. The van der Waals surface area contributed by atoms with Crippen molar-refractivity contribution in [2.75, 3.05) is 13.2 Å². The highest BCUT2D eigenvalue weighted by atomic mass is 35.5. The van der Waals surface area contributed by atoms with Crippen molar-refractivity contribution in [3.8, 4) is 11.5 Å². The Morgan fingerprint density at radius 3 is 2.55 bits per heavy atom. The van der Waals surface area contributed by atoms with Crippen LogP contribution in [-0.2, 0) is 6.54 Å². The zero-order valence-corrected chi connectivity index (χ0v) is 14.9. The van der Waals surface area contributed by atoms with Gasteiger partial charge in [-0.1, -0.05) is 19.9 Å². The van der Waals surface area contributed by atoms with E-state index in [1.165, 1.54) is 31.2 Å². The summed E-state index contributed by atoms with van der Waals surface area (Å²) in [5, 5.41) is 3.47. The maximum Gasteiger partial charge on any atom is 0.161 e. The van der Waals surface area contributed by atoms with Gasteiger partial charge < -0.3 is 14.8 Å². The smallest absolute Gasteiger partial charge is 0.161 e. The lowest BCUT2D eigenvalue weighted by molar-refractivity contribution is 0.196. The van der Waals surface area contributed by atoms with E-state index in [9.17, 15) is 0 Å². The van der Waals surface area contributed by atoms with Crippen molar-refractivity contribution < 1.29 is 9.47 Å². The van der Waals surface area contributed by atoms with Gasteiger partial charge in [0.1, 0.15) is 0 Å². The molecule has 0 unspecified atom stereocenters. The second kappa shape index (κ2) is 9.96. The molecular weight excluding hydrogens is 298 g/mol. The Morgan fingerprint density at radius 1 is 1.18 bits per heavy atom. The number of ether oxygens (including phenoxy) is 2. The predicted octanol–water partition coefficient (Wildman–Crippen LogP) is 4.57. The van der Waals surface area contributed by atoms with Gasteiger partial charge in [-0.05, 0) is 62.8 Å². The van der Waals surface area contributed by atoms with Gasteiger partial charge in [0, 0.05) is 6.54 Å². The highest BCUT2D eigenvalue weighted by Gasteiger charge is 2.18. The van der Waals surface area contributed by atoms with E-state index in [1.807, 2.05) is 6.92 Å². The SMILES string of the molecule is CCOc1cc(CNCC(C)C)ccc1OC1CCCC1.Cl. The standard InChI is InChI=1S/C18H29NO2.ClH/c1-4-20-18-11-15(13-19-12-14(2)3)9-10-17(18)21-16-7-5-6-8-16;/h9-11,14,16,19H,4-8,12-13H2,1-3H3;1H. The van der Waals surface area contributed by atoms with E-state index in [0.717, 1.165) is 24.6 Å². The highest BCUT2D eigenvalue weighted by molar-refractivity contribution is 5.85. The van der Waals surface area contributed by atoms with Crippen LogP contribution in [0.4, 0.5) is 0 Å². The molecule has 1 aliphatic rings. The van der Waals surface area contributed by atoms with Gasteiger partial charge in [-0.3, -0.25) is 0 Å². The molecular formula is C18H30ClNO2. The van der Waals surface area contributed by atoms with Crippen molar-refractivity contribution >= 4 is 12.4 Å². The van der Waals surface area contributed by atoms with Crippen LogP contribution in [0, 0.1) is 5.92 Å². The lowest BCUT2D eigenvalue weighted by Crippen LogP contribution is -2.19. The number of nitrogens with one attached hydrogen (secondary N) is 1. The van der Waals surface area contributed by atoms with Crippen molar-refractivity contribution in [2.45, 2.75) is 59.1 Å². The van der Waals surface area contributed by atoms with Crippen LogP contribution in [0.15, 0.2) is 18.2 Å². The quantitative estimate of drug-likeness (QED) is 0.758. The first-order valence-corrected chi connectivity index (χ1v) is 8.32. The molecule has 0 atom stereocenters. The minimum absolute atomic E-state index is 0. The molecule has 1 aromatic rings. The molecule has 126 valence electrons. The van der Waals surface area contributed by atoms with E-state index < -0.39 is 0 Å². The van der Waals surface area contributed by atoms with Crippen LogP contribution in [-0.4, -0.2) is 19.3 Å². The molecule has 0 spiro atoms. The Bertz CT molecular complexity index is 431. The number of halogens is 1. The summed E-state index contributed by atoms with van der Waals surface area (Å²) in [4.78, 5) is 0. The van der Waals surface area contributed by atoms with Crippen LogP contribution in [0.5, 0.6) is 11.5 Å². The summed E-state index contributed by atoms with van der Waals surface area (Å²) in [6.45, 7) is 9.04. The predicted molar refractivity (Wildman–Crippen MR) is 94.3 cm³/mol. The van der Waals surface area contributed by atoms with E-state index in [-0.39, 0.29) is 12.4 Å². The molecule has 0 aromatic heterocycles. The van der Waals surface area contributed by atoms with Crippen LogP contribution in [0.25, 0.3) is 0 Å². The molecule has 4 heteroatoms. The fourth-order valence-corrected chi connectivity index (χ4v) is 2.72. The zero-order valence-electron chi connectivity index (χ0n) is 14.1. The Morgan fingerprint density at radius 2 is 1.91 bits per heavy atom. The molecule has 1 N–H and O–H groups in total. The van der Waals surface area contributed by atoms with E-state index in [2.05, 4.69) is 37.4 Å². The summed E-state index contributed by atoms with van der Waals surface area (Å²) >= 11 is 0. The van der Waals surface area contributed by atoms with E-state index in [4.69, 9.17) is 9.47 Å². The molecule has 1 fully saturated rings. The molecule has 1 aromatic carbocycles. The van der Waals surface area contributed by atoms with Crippen LogP contribution in [0.3, 0.4) is 0 Å². The highest BCUT2D eigenvalue weighted by Crippen LogP contribution is 2.32.